The average Bonchev–Trinajstić information content (AvgIpc) is 3.95. The number of hydrogen-bond donors (Lipinski definition) is 0. The SMILES string of the molecule is c1ccc(-c2ccc3c4ccc(-c5nc(-c6cccc(-c7nc8ccccc8n7-c7ccccc7)c6)nc(-c6ccc7oc8ccccc8c7c6)n5)cc4c4ccccc4c3c2)cc1. The lowest BCUT2D eigenvalue weighted by Gasteiger charge is -2.14. The molecule has 0 saturated carbocycles. The standard InChI is InChI=1S/C58H35N5O/c1-3-14-36(15-4-1)37-26-29-45-46-30-27-39(34-49(46)44-21-8-7-20-43(44)48(45)33-37)56-60-55(61-57(62-56)40-28-31-54-50(35-40)47-22-9-12-25-53(47)64-54)38-16-13-17-41(32-38)58-59-51-23-10-11-24-52(51)63(58)42-18-5-2-6-19-42/h1-35H. The van der Waals surface area contributed by atoms with E-state index in [0.29, 0.717) is 17.5 Å². The molecule has 3 aromatic heterocycles. The van der Waals surface area contributed by atoms with Gasteiger partial charge < -0.3 is 4.42 Å². The van der Waals surface area contributed by atoms with Crippen molar-refractivity contribution in [3.8, 4) is 62.4 Å². The summed E-state index contributed by atoms with van der Waals surface area (Å²) < 4.78 is 8.44. The maximum atomic E-state index is 6.22. The smallest absolute Gasteiger partial charge is 0.164 e. The minimum absolute atomic E-state index is 0.568. The maximum Gasteiger partial charge on any atom is 0.164 e. The molecule has 0 unspecified atom stereocenters. The Morgan fingerprint density at radius 3 is 1.53 bits per heavy atom. The van der Waals surface area contributed by atoms with Crippen molar-refractivity contribution in [2.45, 2.75) is 0 Å². The molecule has 0 amide bonds. The summed E-state index contributed by atoms with van der Waals surface area (Å²) in [6, 6.07) is 74.0. The minimum Gasteiger partial charge on any atom is -0.456 e. The predicted octanol–water partition coefficient (Wildman–Crippen LogP) is 14.9. The van der Waals surface area contributed by atoms with Gasteiger partial charge in [-0.1, -0.05) is 146 Å². The van der Waals surface area contributed by atoms with E-state index in [4.69, 9.17) is 24.4 Å². The highest BCUT2D eigenvalue weighted by molar-refractivity contribution is 6.26. The van der Waals surface area contributed by atoms with Crippen LogP contribution >= 0.6 is 0 Å². The molecule has 0 fully saturated rings. The lowest BCUT2D eigenvalue weighted by atomic mass is 9.91. The van der Waals surface area contributed by atoms with Crippen LogP contribution in [0.3, 0.4) is 0 Å². The van der Waals surface area contributed by atoms with Gasteiger partial charge in [-0.25, -0.2) is 19.9 Å². The molecule has 0 spiro atoms. The van der Waals surface area contributed by atoms with E-state index in [-0.39, 0.29) is 0 Å². The molecule has 0 radical (unpaired) electrons. The van der Waals surface area contributed by atoms with Crippen LogP contribution in [0.5, 0.6) is 0 Å². The second-order valence-electron chi connectivity index (χ2n) is 16.2. The number of nitrogens with zero attached hydrogens (tertiary/aromatic N) is 5. The molecule has 0 aliphatic carbocycles. The molecule has 13 rings (SSSR count). The first kappa shape index (κ1) is 36.0. The van der Waals surface area contributed by atoms with Crippen molar-refractivity contribution in [2.75, 3.05) is 0 Å². The zero-order valence-electron chi connectivity index (χ0n) is 34.4. The molecule has 0 atom stereocenters. The van der Waals surface area contributed by atoms with Crippen LogP contribution in [0, 0.1) is 0 Å². The number of hydrogen-bond acceptors (Lipinski definition) is 5. The van der Waals surface area contributed by atoms with Crippen LogP contribution in [0.2, 0.25) is 0 Å². The summed E-state index contributed by atoms with van der Waals surface area (Å²) in [6.45, 7) is 0. The molecule has 298 valence electrons. The van der Waals surface area contributed by atoms with E-state index in [1.807, 2.05) is 42.5 Å². The zero-order chi connectivity index (χ0) is 42.1. The average molecular weight is 818 g/mol. The van der Waals surface area contributed by atoms with Crippen LogP contribution in [-0.4, -0.2) is 24.5 Å². The number of para-hydroxylation sites is 4. The number of fused-ring (bicyclic) bond motifs is 10. The molecule has 6 heteroatoms. The van der Waals surface area contributed by atoms with Crippen LogP contribution in [0.25, 0.3) is 128 Å². The Bertz CT molecular complexity index is 3940. The van der Waals surface area contributed by atoms with E-state index in [0.717, 1.165) is 72.1 Å². The van der Waals surface area contributed by atoms with Crippen molar-refractivity contribution < 1.29 is 4.42 Å². The van der Waals surface area contributed by atoms with Crippen molar-refractivity contribution in [3.63, 3.8) is 0 Å². The van der Waals surface area contributed by atoms with Crippen LogP contribution < -0.4 is 0 Å². The highest BCUT2D eigenvalue weighted by atomic mass is 16.3. The van der Waals surface area contributed by atoms with Crippen LogP contribution in [0.1, 0.15) is 0 Å². The Balaban J connectivity index is 1.01. The number of rotatable bonds is 6. The zero-order valence-corrected chi connectivity index (χ0v) is 34.4. The summed E-state index contributed by atoms with van der Waals surface area (Å²) in [5.74, 6) is 2.57. The molecule has 0 aliphatic rings. The van der Waals surface area contributed by atoms with Crippen LogP contribution in [-0.2, 0) is 0 Å². The monoisotopic (exact) mass is 817 g/mol. The fourth-order valence-corrected chi connectivity index (χ4v) is 9.39. The Hall–Kier alpha value is -8.74. The molecule has 3 heterocycles. The maximum absolute atomic E-state index is 6.22. The Labute approximate surface area is 367 Å². The number of furan rings is 1. The molecule has 0 bridgehead atoms. The largest absolute Gasteiger partial charge is 0.456 e. The van der Waals surface area contributed by atoms with Gasteiger partial charge in [0.25, 0.3) is 0 Å². The van der Waals surface area contributed by atoms with Crippen molar-refractivity contribution in [1.82, 2.24) is 24.5 Å². The summed E-state index contributed by atoms with van der Waals surface area (Å²) in [5, 5.41) is 9.20. The van der Waals surface area contributed by atoms with Gasteiger partial charge in [0, 0.05) is 38.7 Å². The number of aromatic nitrogens is 5. The minimum atomic E-state index is 0.568. The Morgan fingerprint density at radius 1 is 0.297 bits per heavy atom. The predicted molar refractivity (Wildman–Crippen MR) is 261 cm³/mol. The van der Waals surface area contributed by atoms with Crippen molar-refractivity contribution in [1.29, 1.82) is 0 Å². The third kappa shape index (κ3) is 5.88. The summed E-state index contributed by atoms with van der Waals surface area (Å²) >= 11 is 0. The fraction of sp³-hybridized carbons (Fsp3) is 0. The van der Waals surface area contributed by atoms with Crippen molar-refractivity contribution >= 4 is 65.3 Å². The van der Waals surface area contributed by atoms with Crippen molar-refractivity contribution in [3.05, 3.63) is 212 Å². The van der Waals surface area contributed by atoms with Gasteiger partial charge in [0.2, 0.25) is 0 Å². The summed E-state index contributed by atoms with van der Waals surface area (Å²) in [5.41, 5.74) is 10.6. The summed E-state index contributed by atoms with van der Waals surface area (Å²) in [4.78, 5) is 20.9. The highest BCUT2D eigenvalue weighted by Crippen LogP contribution is 2.40. The first-order valence-corrected chi connectivity index (χ1v) is 21.5. The van der Waals surface area contributed by atoms with Gasteiger partial charge in [0.1, 0.15) is 17.0 Å². The number of imidazole rings is 1. The van der Waals surface area contributed by atoms with E-state index in [2.05, 4.69) is 174 Å². The van der Waals surface area contributed by atoms with Crippen LogP contribution in [0.15, 0.2) is 217 Å². The fourth-order valence-electron chi connectivity index (χ4n) is 9.39. The first-order valence-electron chi connectivity index (χ1n) is 21.5. The number of benzene rings is 10. The van der Waals surface area contributed by atoms with E-state index in [1.54, 1.807) is 0 Å². The molecule has 6 nitrogen and oxygen atoms in total. The van der Waals surface area contributed by atoms with Gasteiger partial charge in [0.15, 0.2) is 17.5 Å². The lowest BCUT2D eigenvalue weighted by Crippen LogP contribution is -2.01. The van der Waals surface area contributed by atoms with Gasteiger partial charge in [-0.2, -0.15) is 0 Å². The van der Waals surface area contributed by atoms with Crippen LogP contribution in [0.4, 0.5) is 0 Å². The van der Waals surface area contributed by atoms with E-state index in [9.17, 15) is 0 Å². The van der Waals surface area contributed by atoms with Gasteiger partial charge in [-0.3, -0.25) is 4.57 Å². The van der Waals surface area contributed by atoms with Gasteiger partial charge in [-0.15, -0.1) is 0 Å². The molecule has 0 N–H and O–H groups in total. The molecule has 64 heavy (non-hydrogen) atoms. The summed E-state index contributed by atoms with van der Waals surface area (Å²) in [7, 11) is 0. The second kappa shape index (κ2) is 14.4. The van der Waals surface area contributed by atoms with Gasteiger partial charge in [-0.05, 0) is 110 Å². The quantitative estimate of drug-likeness (QED) is 0.156. The van der Waals surface area contributed by atoms with Crippen molar-refractivity contribution in [2.24, 2.45) is 0 Å². The Morgan fingerprint density at radius 2 is 0.797 bits per heavy atom. The third-order valence-corrected chi connectivity index (χ3v) is 12.4. The molecular formula is C58H35N5O. The molecule has 10 aromatic carbocycles. The first-order chi connectivity index (χ1) is 31.7. The second-order valence-corrected chi connectivity index (χ2v) is 16.2. The molecule has 0 saturated heterocycles. The molecule has 0 aliphatic heterocycles. The lowest BCUT2D eigenvalue weighted by molar-refractivity contribution is 0.669. The van der Waals surface area contributed by atoms with E-state index >= 15 is 0 Å². The highest BCUT2D eigenvalue weighted by Gasteiger charge is 2.19. The Kier molecular flexibility index (Phi) is 8.11. The van der Waals surface area contributed by atoms with E-state index in [1.165, 1.54) is 38.1 Å². The molecular weight excluding hydrogens is 783 g/mol. The summed E-state index contributed by atoms with van der Waals surface area (Å²) in [6.07, 6.45) is 0. The van der Waals surface area contributed by atoms with E-state index < -0.39 is 0 Å². The third-order valence-electron chi connectivity index (χ3n) is 12.4. The normalized spacial score (nSPS) is 11.8. The molecule has 13 aromatic rings. The van der Waals surface area contributed by atoms with Gasteiger partial charge >= 0.3 is 0 Å². The van der Waals surface area contributed by atoms with Gasteiger partial charge in [0.05, 0.1) is 11.0 Å². The topological polar surface area (TPSA) is 69.6 Å².